The number of carbonyl (C=O) groups excluding carboxylic acids is 1. The summed E-state index contributed by atoms with van der Waals surface area (Å²) < 4.78 is 3.96. The molecule has 8 nitrogen and oxygen atoms in total. The molecule has 154 valence electrons. The summed E-state index contributed by atoms with van der Waals surface area (Å²) >= 11 is 0. The highest BCUT2D eigenvalue weighted by Crippen LogP contribution is 2.26. The average Bonchev–Trinajstić information content (AvgIpc) is 3.27. The smallest absolute Gasteiger partial charge is 0.229 e. The number of carbonyl (C=O) groups is 1. The fourth-order valence-corrected chi connectivity index (χ4v) is 3.86. The quantitative estimate of drug-likeness (QED) is 0.462. The van der Waals surface area contributed by atoms with E-state index in [1.165, 1.54) is 6.42 Å². The largest absolute Gasteiger partial charge is 0.356 e. The molecule has 1 aliphatic carbocycles. The Hall–Kier alpha value is -3.42. The number of rotatable bonds is 7. The lowest BCUT2D eigenvalue weighted by atomic mass is 9.85. The van der Waals surface area contributed by atoms with Crippen LogP contribution in [0, 0.1) is 5.92 Å². The number of aryl methyl sites for hydroxylation is 2. The summed E-state index contributed by atoms with van der Waals surface area (Å²) in [5.74, 6) is 1.01. The van der Waals surface area contributed by atoms with Crippen LogP contribution in [0.5, 0.6) is 0 Å². The molecule has 30 heavy (non-hydrogen) atoms. The number of nitrogens with one attached hydrogen (secondary N) is 2. The monoisotopic (exact) mass is 403 g/mol. The van der Waals surface area contributed by atoms with Crippen molar-refractivity contribution in [2.75, 3.05) is 11.9 Å². The molecule has 5 rings (SSSR count). The number of nitrogens with zero attached hydrogens (tertiary/aromatic N) is 5. The molecular formula is C22H25N7O. The molecule has 1 amide bonds. The minimum absolute atomic E-state index is 0.206. The number of benzene rings is 1. The molecule has 1 saturated carbocycles. The van der Waals surface area contributed by atoms with Crippen molar-refractivity contribution < 1.29 is 4.79 Å². The summed E-state index contributed by atoms with van der Waals surface area (Å²) in [5.41, 5.74) is 2.89. The van der Waals surface area contributed by atoms with Crippen LogP contribution in [0.15, 0.2) is 42.9 Å². The molecule has 4 aromatic rings. The number of hydrogen-bond donors (Lipinski definition) is 2. The van der Waals surface area contributed by atoms with Gasteiger partial charge in [0.05, 0.1) is 11.7 Å². The lowest BCUT2D eigenvalue weighted by Crippen LogP contribution is -2.35. The van der Waals surface area contributed by atoms with Crippen molar-refractivity contribution in [3.8, 4) is 0 Å². The fraction of sp³-hybridized carbons (Fsp3) is 0.364. The molecule has 2 N–H and O–H groups in total. The molecule has 0 bridgehead atoms. The summed E-state index contributed by atoms with van der Waals surface area (Å²) in [6.45, 7) is 1.49. The summed E-state index contributed by atoms with van der Waals surface area (Å²) in [7, 11) is 1.93. The van der Waals surface area contributed by atoms with Gasteiger partial charge in [-0.2, -0.15) is 10.1 Å². The van der Waals surface area contributed by atoms with Gasteiger partial charge in [0.2, 0.25) is 11.9 Å². The third-order valence-corrected chi connectivity index (χ3v) is 5.86. The SMILES string of the molecule is Cn1ncc2cc(Nc3ncc4ccn(CCCNC(=O)C5CCC5)c4n3)ccc21. The maximum atomic E-state index is 11.9. The number of hydrogen-bond acceptors (Lipinski definition) is 5. The van der Waals surface area contributed by atoms with Crippen LogP contribution in [0.1, 0.15) is 25.7 Å². The van der Waals surface area contributed by atoms with Crippen LogP contribution >= 0.6 is 0 Å². The van der Waals surface area contributed by atoms with Gasteiger partial charge in [-0.05, 0) is 43.5 Å². The minimum atomic E-state index is 0.206. The van der Waals surface area contributed by atoms with Gasteiger partial charge < -0.3 is 15.2 Å². The van der Waals surface area contributed by atoms with Gasteiger partial charge in [0, 0.05) is 54.9 Å². The lowest BCUT2D eigenvalue weighted by Gasteiger charge is -2.24. The topological polar surface area (TPSA) is 89.7 Å². The van der Waals surface area contributed by atoms with Gasteiger partial charge in [-0.3, -0.25) is 9.48 Å². The Morgan fingerprint density at radius 2 is 2.10 bits per heavy atom. The highest BCUT2D eigenvalue weighted by molar-refractivity contribution is 5.83. The van der Waals surface area contributed by atoms with E-state index in [1.807, 2.05) is 54.6 Å². The molecule has 0 radical (unpaired) electrons. The zero-order chi connectivity index (χ0) is 20.5. The van der Waals surface area contributed by atoms with Gasteiger partial charge >= 0.3 is 0 Å². The van der Waals surface area contributed by atoms with E-state index in [9.17, 15) is 4.79 Å². The van der Waals surface area contributed by atoms with E-state index >= 15 is 0 Å². The third kappa shape index (κ3) is 3.60. The summed E-state index contributed by atoms with van der Waals surface area (Å²) in [4.78, 5) is 21.1. The molecular weight excluding hydrogens is 378 g/mol. The fourth-order valence-electron chi connectivity index (χ4n) is 3.86. The van der Waals surface area contributed by atoms with E-state index < -0.39 is 0 Å². The molecule has 1 fully saturated rings. The van der Waals surface area contributed by atoms with Crippen LogP contribution < -0.4 is 10.6 Å². The second-order valence-electron chi connectivity index (χ2n) is 7.92. The molecule has 0 spiro atoms. The minimum Gasteiger partial charge on any atom is -0.356 e. The molecule has 8 heteroatoms. The first-order valence-electron chi connectivity index (χ1n) is 10.5. The maximum Gasteiger partial charge on any atom is 0.229 e. The standard InChI is InChI=1S/C22H25N7O/c1-28-19-7-6-18(12-17(19)14-25-28)26-22-24-13-16-8-11-29(20(16)27-22)10-3-9-23-21(30)15-4-2-5-15/h6-8,11-15H,2-5,9-10H2,1H3,(H,23,30)(H,24,26,27). The third-order valence-electron chi connectivity index (χ3n) is 5.86. The van der Waals surface area contributed by atoms with E-state index in [4.69, 9.17) is 4.98 Å². The van der Waals surface area contributed by atoms with Gasteiger partial charge in [0.25, 0.3) is 0 Å². The molecule has 3 aromatic heterocycles. The first kappa shape index (κ1) is 18.6. The van der Waals surface area contributed by atoms with E-state index in [0.717, 1.165) is 53.4 Å². The Balaban J connectivity index is 1.25. The predicted molar refractivity (Wildman–Crippen MR) is 116 cm³/mol. The van der Waals surface area contributed by atoms with Crippen LogP contribution in [0.3, 0.4) is 0 Å². The average molecular weight is 403 g/mol. The van der Waals surface area contributed by atoms with E-state index in [1.54, 1.807) is 0 Å². The predicted octanol–water partition coefficient (Wildman–Crippen LogP) is 3.37. The first-order chi connectivity index (χ1) is 14.7. The molecule has 3 heterocycles. The van der Waals surface area contributed by atoms with Gasteiger partial charge in [0.15, 0.2) is 0 Å². The molecule has 0 atom stereocenters. The second-order valence-corrected chi connectivity index (χ2v) is 7.92. The number of amides is 1. The van der Waals surface area contributed by atoms with Crippen molar-refractivity contribution in [1.82, 2.24) is 29.6 Å². The van der Waals surface area contributed by atoms with Crippen LogP contribution in [-0.2, 0) is 18.4 Å². The normalized spacial score (nSPS) is 14.2. The van der Waals surface area contributed by atoms with Crippen LogP contribution in [0.4, 0.5) is 11.6 Å². The maximum absolute atomic E-state index is 11.9. The van der Waals surface area contributed by atoms with Crippen molar-refractivity contribution in [3.05, 3.63) is 42.9 Å². The zero-order valence-electron chi connectivity index (χ0n) is 17.0. The number of fused-ring (bicyclic) bond motifs is 2. The van der Waals surface area contributed by atoms with Crippen molar-refractivity contribution in [3.63, 3.8) is 0 Å². The van der Waals surface area contributed by atoms with Gasteiger partial charge in [0.1, 0.15) is 5.65 Å². The van der Waals surface area contributed by atoms with Crippen molar-refractivity contribution in [2.24, 2.45) is 13.0 Å². The Morgan fingerprint density at radius 3 is 2.93 bits per heavy atom. The molecule has 1 aromatic carbocycles. The Labute approximate surface area is 174 Å². The number of anilines is 2. The van der Waals surface area contributed by atoms with Crippen LogP contribution in [0.2, 0.25) is 0 Å². The summed E-state index contributed by atoms with van der Waals surface area (Å²) in [6.07, 6.45) is 9.83. The van der Waals surface area contributed by atoms with Crippen LogP contribution in [-0.4, -0.2) is 36.8 Å². The lowest BCUT2D eigenvalue weighted by molar-refractivity contribution is -0.127. The van der Waals surface area contributed by atoms with Crippen molar-refractivity contribution in [1.29, 1.82) is 0 Å². The second kappa shape index (κ2) is 7.78. The molecule has 0 saturated heterocycles. The highest BCUT2D eigenvalue weighted by atomic mass is 16.1. The van der Waals surface area contributed by atoms with Gasteiger partial charge in [-0.25, -0.2) is 4.98 Å². The highest BCUT2D eigenvalue weighted by Gasteiger charge is 2.24. The molecule has 1 aliphatic rings. The van der Waals surface area contributed by atoms with E-state index in [2.05, 4.69) is 25.3 Å². The van der Waals surface area contributed by atoms with E-state index in [-0.39, 0.29) is 11.8 Å². The Kier molecular flexibility index (Phi) is 4.82. The van der Waals surface area contributed by atoms with Crippen molar-refractivity contribution >= 4 is 39.5 Å². The Morgan fingerprint density at radius 1 is 1.20 bits per heavy atom. The van der Waals surface area contributed by atoms with E-state index in [0.29, 0.717) is 12.5 Å². The van der Waals surface area contributed by atoms with Gasteiger partial charge in [-0.15, -0.1) is 0 Å². The zero-order valence-corrected chi connectivity index (χ0v) is 17.0. The molecule has 0 unspecified atom stereocenters. The number of aromatic nitrogens is 5. The molecule has 0 aliphatic heterocycles. The summed E-state index contributed by atoms with van der Waals surface area (Å²) in [5, 5.41) is 12.7. The van der Waals surface area contributed by atoms with Crippen LogP contribution in [0.25, 0.3) is 21.9 Å². The first-order valence-corrected chi connectivity index (χ1v) is 10.5. The van der Waals surface area contributed by atoms with Gasteiger partial charge in [-0.1, -0.05) is 6.42 Å². The Bertz CT molecular complexity index is 1200. The summed E-state index contributed by atoms with van der Waals surface area (Å²) in [6, 6.07) is 8.10. The van der Waals surface area contributed by atoms with Crippen molar-refractivity contribution in [2.45, 2.75) is 32.2 Å².